The van der Waals surface area contributed by atoms with Crippen LogP contribution in [-0.2, 0) is 20.7 Å². The summed E-state index contributed by atoms with van der Waals surface area (Å²) in [5, 5.41) is 0.0945. The largest absolute Gasteiger partial charge is 0.481 e. The van der Waals surface area contributed by atoms with Crippen LogP contribution in [0, 0.1) is 11.6 Å². The summed E-state index contributed by atoms with van der Waals surface area (Å²) in [6, 6.07) is 5.09. The first-order valence-corrected chi connectivity index (χ1v) is 11.3. The molecular formula is C17H19F2N5O5S2. The number of primary amides is 1. The van der Waals surface area contributed by atoms with Gasteiger partial charge in [0.1, 0.15) is 11.9 Å². The number of carbonyl (C=O) groups excluding carboxylic acids is 1. The van der Waals surface area contributed by atoms with Crippen molar-refractivity contribution in [2.45, 2.75) is 23.4 Å². The second kappa shape index (κ2) is 9.62. The van der Waals surface area contributed by atoms with Gasteiger partial charge in [-0.1, -0.05) is 23.9 Å². The number of amides is 1. The maximum atomic E-state index is 13.8. The Morgan fingerprint density at radius 1 is 1.39 bits per heavy atom. The zero-order valence-corrected chi connectivity index (χ0v) is 17.9. The fraction of sp³-hybridized carbons (Fsp3) is 0.353. The third kappa shape index (κ3) is 5.92. The molecule has 14 heteroatoms. The Bertz CT molecular complexity index is 1070. The molecule has 1 aromatic heterocycles. The number of methoxy groups -OCH3 is 1. The lowest BCUT2D eigenvalue weighted by atomic mass is 10.2. The Balaban J connectivity index is 1.73. The molecule has 0 bridgehead atoms. The minimum atomic E-state index is -4.02. The van der Waals surface area contributed by atoms with Crippen molar-refractivity contribution in [1.29, 1.82) is 0 Å². The van der Waals surface area contributed by atoms with E-state index in [-0.39, 0.29) is 41.3 Å². The molecule has 2 aromatic rings. The summed E-state index contributed by atoms with van der Waals surface area (Å²) in [7, 11) is -2.68. The number of halogens is 2. The number of hydrogen-bond donors (Lipinski definition) is 2. The molecule has 31 heavy (non-hydrogen) atoms. The van der Waals surface area contributed by atoms with E-state index >= 15 is 0 Å². The number of thioether (sulfide) groups is 1. The maximum Gasteiger partial charge on any atom is 0.404 e. The molecular weight excluding hydrogens is 456 g/mol. The molecule has 3 N–H and O–H groups in total. The molecule has 0 aliphatic carbocycles. The number of aromatic nitrogens is 2. The van der Waals surface area contributed by atoms with Gasteiger partial charge < -0.3 is 15.2 Å². The third-order valence-corrected chi connectivity index (χ3v) is 6.62. The second-order valence-electron chi connectivity index (χ2n) is 6.39. The number of benzene rings is 1. The number of ether oxygens (including phenoxy) is 2. The van der Waals surface area contributed by atoms with E-state index in [0.29, 0.717) is 6.42 Å². The van der Waals surface area contributed by atoms with Crippen LogP contribution in [0.3, 0.4) is 0 Å². The summed E-state index contributed by atoms with van der Waals surface area (Å²) in [5.74, 6) is -1.93. The van der Waals surface area contributed by atoms with Gasteiger partial charge >= 0.3 is 16.3 Å². The van der Waals surface area contributed by atoms with Crippen LogP contribution in [0.2, 0.25) is 0 Å². The summed E-state index contributed by atoms with van der Waals surface area (Å²) in [6.07, 6.45) is -1.31. The molecule has 10 nitrogen and oxygen atoms in total. The minimum Gasteiger partial charge on any atom is -0.481 e. The van der Waals surface area contributed by atoms with Crippen LogP contribution in [0.4, 0.5) is 19.4 Å². The lowest BCUT2D eigenvalue weighted by molar-refractivity contribution is 0.114. The van der Waals surface area contributed by atoms with Gasteiger partial charge in [0.15, 0.2) is 16.8 Å². The molecule has 1 aromatic carbocycles. The molecule has 1 aliphatic heterocycles. The van der Waals surface area contributed by atoms with Crippen molar-refractivity contribution in [3.05, 3.63) is 41.5 Å². The summed E-state index contributed by atoms with van der Waals surface area (Å²) in [5.41, 5.74) is 5.07. The van der Waals surface area contributed by atoms with Gasteiger partial charge in [-0.2, -0.15) is 17.7 Å². The van der Waals surface area contributed by atoms with Crippen LogP contribution in [-0.4, -0.2) is 55.1 Å². The third-order valence-electron chi connectivity index (χ3n) is 4.24. The number of nitrogens with two attached hydrogens (primary N) is 1. The molecule has 1 aliphatic rings. The Labute approximate surface area is 181 Å². The van der Waals surface area contributed by atoms with Crippen molar-refractivity contribution in [2.75, 3.05) is 24.9 Å². The number of nitrogens with zero attached hydrogens (tertiary/aromatic N) is 3. The van der Waals surface area contributed by atoms with Gasteiger partial charge in [-0.25, -0.2) is 18.6 Å². The molecule has 0 unspecified atom stereocenters. The average Bonchev–Trinajstić information content (AvgIpc) is 3.17. The van der Waals surface area contributed by atoms with Crippen LogP contribution >= 0.6 is 11.8 Å². The van der Waals surface area contributed by atoms with Gasteiger partial charge in [0.25, 0.3) is 0 Å². The predicted octanol–water partition coefficient (Wildman–Crippen LogP) is 1.88. The van der Waals surface area contributed by atoms with Crippen LogP contribution in [0.5, 0.6) is 5.88 Å². The molecule has 168 valence electrons. The van der Waals surface area contributed by atoms with Gasteiger partial charge in [0.2, 0.25) is 5.88 Å². The quantitative estimate of drug-likeness (QED) is 0.436. The highest BCUT2D eigenvalue weighted by atomic mass is 32.2. The van der Waals surface area contributed by atoms with Crippen molar-refractivity contribution in [3.8, 4) is 5.88 Å². The maximum absolute atomic E-state index is 13.8. The van der Waals surface area contributed by atoms with Crippen LogP contribution in [0.1, 0.15) is 12.0 Å². The second-order valence-corrected chi connectivity index (χ2v) is 9.01. The fourth-order valence-corrected chi connectivity index (χ4v) is 4.83. The summed E-state index contributed by atoms with van der Waals surface area (Å²) < 4.78 is 65.8. The number of rotatable bonds is 8. The molecule has 1 fully saturated rings. The van der Waals surface area contributed by atoms with Crippen LogP contribution in [0.15, 0.2) is 29.4 Å². The van der Waals surface area contributed by atoms with E-state index in [4.69, 9.17) is 15.2 Å². The van der Waals surface area contributed by atoms with E-state index in [9.17, 15) is 22.0 Å². The van der Waals surface area contributed by atoms with Crippen molar-refractivity contribution in [2.24, 2.45) is 5.73 Å². The monoisotopic (exact) mass is 475 g/mol. The standard InChI is InChI=1S/C17H19F2N5O5S2/c1-28-14-7-13(23-31(26,27)24-6-5-11(8-24)29-16(20)25)21-17(22-14)30-9-10-3-2-4-12(18)15(10)19/h2-4,7,11H,5-6,8-9H2,1H3,(H2,20,25)(H,21,22,23)/t11-/m0/s1. The minimum absolute atomic E-state index is 0.0151. The lowest BCUT2D eigenvalue weighted by Gasteiger charge is -2.17. The fourth-order valence-electron chi connectivity index (χ4n) is 2.80. The van der Waals surface area contributed by atoms with Crippen LogP contribution in [0.25, 0.3) is 0 Å². The summed E-state index contributed by atoms with van der Waals surface area (Å²) in [4.78, 5) is 19.0. The molecule has 0 radical (unpaired) electrons. The Hall–Kier alpha value is -2.71. The number of nitrogens with one attached hydrogen (secondary N) is 1. The normalized spacial score (nSPS) is 16.8. The van der Waals surface area contributed by atoms with E-state index in [0.717, 1.165) is 22.1 Å². The summed E-state index contributed by atoms with van der Waals surface area (Å²) in [6.45, 7) is 0.0664. The van der Waals surface area contributed by atoms with E-state index in [2.05, 4.69) is 14.7 Å². The zero-order chi connectivity index (χ0) is 22.6. The molecule has 1 amide bonds. The smallest absolute Gasteiger partial charge is 0.404 e. The van der Waals surface area contributed by atoms with Crippen molar-refractivity contribution >= 4 is 33.9 Å². The molecule has 0 spiro atoms. The highest BCUT2D eigenvalue weighted by molar-refractivity contribution is 7.98. The van der Waals surface area contributed by atoms with Gasteiger partial charge in [-0.15, -0.1) is 0 Å². The molecule has 1 atom stereocenters. The molecule has 0 saturated carbocycles. The van der Waals surface area contributed by atoms with Crippen molar-refractivity contribution < 1.29 is 31.5 Å². The first-order chi connectivity index (χ1) is 14.7. The van der Waals surface area contributed by atoms with Gasteiger partial charge in [0.05, 0.1) is 13.7 Å². The van der Waals surface area contributed by atoms with E-state index < -0.39 is 34.0 Å². The first-order valence-electron chi connectivity index (χ1n) is 8.90. The Morgan fingerprint density at radius 2 is 2.16 bits per heavy atom. The van der Waals surface area contributed by atoms with E-state index in [1.54, 1.807) is 0 Å². The topological polar surface area (TPSA) is 137 Å². The SMILES string of the molecule is COc1cc(NS(=O)(=O)N2CC[C@H](OC(N)=O)C2)nc(SCc2cccc(F)c2F)n1. The summed E-state index contributed by atoms with van der Waals surface area (Å²) >= 11 is 0.977. The van der Waals surface area contributed by atoms with Crippen LogP contribution < -0.4 is 15.2 Å². The van der Waals surface area contributed by atoms with Crippen molar-refractivity contribution in [1.82, 2.24) is 14.3 Å². The van der Waals surface area contributed by atoms with E-state index in [1.165, 1.54) is 25.3 Å². The Kier molecular flexibility index (Phi) is 7.12. The molecule has 2 heterocycles. The number of carbonyl (C=O) groups is 1. The number of anilines is 1. The average molecular weight is 475 g/mol. The predicted molar refractivity (Wildman–Crippen MR) is 108 cm³/mol. The van der Waals surface area contributed by atoms with Gasteiger partial charge in [0, 0.05) is 23.9 Å². The molecule has 1 saturated heterocycles. The van der Waals surface area contributed by atoms with Crippen molar-refractivity contribution in [3.63, 3.8) is 0 Å². The highest BCUT2D eigenvalue weighted by Crippen LogP contribution is 2.26. The highest BCUT2D eigenvalue weighted by Gasteiger charge is 2.33. The number of hydrogen-bond acceptors (Lipinski definition) is 8. The first kappa shape index (κ1) is 23.0. The lowest BCUT2D eigenvalue weighted by Crippen LogP contribution is -2.36. The van der Waals surface area contributed by atoms with Gasteiger partial charge in [-0.05, 0) is 12.5 Å². The zero-order valence-electron chi connectivity index (χ0n) is 16.2. The van der Waals surface area contributed by atoms with Gasteiger partial charge in [-0.3, -0.25) is 4.72 Å². The Morgan fingerprint density at radius 3 is 2.87 bits per heavy atom. The molecule has 3 rings (SSSR count). The van der Waals surface area contributed by atoms with E-state index in [1.807, 2.05) is 0 Å².